The average Bonchev–Trinajstić information content (AvgIpc) is 2.54. The van der Waals surface area contributed by atoms with Gasteiger partial charge < -0.3 is 4.74 Å². The lowest BCUT2D eigenvalue weighted by atomic mass is 9.98. The molecule has 0 aromatic heterocycles. The van der Waals surface area contributed by atoms with Crippen molar-refractivity contribution < 1.29 is 31.1 Å². The molecule has 0 unspecified atom stereocenters. The lowest BCUT2D eigenvalue weighted by molar-refractivity contribution is -0.319. The molecule has 0 saturated heterocycles. The van der Waals surface area contributed by atoms with Gasteiger partial charge in [-0.2, -0.15) is 26.3 Å². The van der Waals surface area contributed by atoms with Crippen molar-refractivity contribution in [2.24, 2.45) is 0 Å². The third kappa shape index (κ3) is 5.35. The van der Waals surface area contributed by atoms with Crippen LogP contribution in [0.5, 0.6) is 0 Å². The van der Waals surface area contributed by atoms with E-state index in [1.165, 1.54) is 6.08 Å². The maximum absolute atomic E-state index is 12.5. The third-order valence-corrected chi connectivity index (χ3v) is 3.31. The molecule has 0 saturated carbocycles. The van der Waals surface area contributed by atoms with Crippen molar-refractivity contribution in [3.63, 3.8) is 0 Å². The molecular formula is C18H14F6O. The minimum atomic E-state index is -5.52. The van der Waals surface area contributed by atoms with Crippen LogP contribution in [0.3, 0.4) is 0 Å². The molecule has 2 aromatic carbocycles. The normalized spacial score (nSPS) is 12.3. The lowest BCUT2D eigenvalue weighted by Gasteiger charge is -2.22. The van der Waals surface area contributed by atoms with E-state index in [4.69, 9.17) is 0 Å². The highest BCUT2D eigenvalue weighted by atomic mass is 19.4. The Labute approximate surface area is 140 Å². The van der Waals surface area contributed by atoms with E-state index >= 15 is 0 Å². The molecule has 0 heterocycles. The van der Waals surface area contributed by atoms with Crippen LogP contribution >= 0.6 is 0 Å². The molecule has 0 radical (unpaired) electrons. The number of halogens is 6. The Morgan fingerprint density at radius 3 is 1.52 bits per heavy atom. The lowest BCUT2D eigenvalue weighted by Crippen LogP contribution is -2.44. The highest BCUT2D eigenvalue weighted by molar-refractivity contribution is 5.79. The van der Waals surface area contributed by atoms with Crippen molar-refractivity contribution in [1.82, 2.24) is 0 Å². The molecule has 7 heteroatoms. The quantitative estimate of drug-likeness (QED) is 0.628. The smallest absolute Gasteiger partial charge is 0.357 e. The summed E-state index contributed by atoms with van der Waals surface area (Å²) >= 11 is 0. The number of hydrogen-bond acceptors (Lipinski definition) is 1. The zero-order valence-corrected chi connectivity index (χ0v) is 12.8. The second kappa shape index (κ2) is 7.74. The van der Waals surface area contributed by atoms with Gasteiger partial charge in [0.25, 0.3) is 0 Å². The topological polar surface area (TPSA) is 9.23 Å². The summed E-state index contributed by atoms with van der Waals surface area (Å²) in [6, 6.07) is 17.3. The predicted octanol–water partition coefficient (Wildman–Crippen LogP) is 5.63. The molecule has 0 aliphatic rings. The average molecular weight is 360 g/mol. The van der Waals surface area contributed by atoms with Gasteiger partial charge in [0.1, 0.15) is 0 Å². The highest BCUT2D eigenvalue weighted by Crippen LogP contribution is 2.35. The number of rotatable bonds is 5. The fourth-order valence-corrected chi connectivity index (χ4v) is 2.24. The zero-order chi connectivity index (χ0) is 18.5. The Morgan fingerprint density at radius 2 is 1.16 bits per heavy atom. The second-order valence-corrected chi connectivity index (χ2v) is 5.15. The van der Waals surface area contributed by atoms with Crippen molar-refractivity contribution in [1.29, 1.82) is 0 Å². The molecule has 0 bridgehead atoms. The Morgan fingerprint density at radius 1 is 0.760 bits per heavy atom. The maximum Gasteiger partial charge on any atom is 0.423 e. The first-order valence-electron chi connectivity index (χ1n) is 7.25. The van der Waals surface area contributed by atoms with E-state index in [0.717, 1.165) is 0 Å². The van der Waals surface area contributed by atoms with Crippen LogP contribution in [-0.4, -0.2) is 25.1 Å². The Hall–Kier alpha value is -2.28. The summed E-state index contributed by atoms with van der Waals surface area (Å²) in [5.41, 5.74) is 1.81. The molecule has 0 amide bonds. The Balaban J connectivity index is 2.27. The molecule has 0 N–H and O–H groups in total. The minimum Gasteiger partial charge on any atom is -0.357 e. The fraction of sp³-hybridized carbons (Fsp3) is 0.222. The third-order valence-electron chi connectivity index (χ3n) is 3.31. The van der Waals surface area contributed by atoms with Crippen LogP contribution in [0.1, 0.15) is 11.1 Å². The summed E-state index contributed by atoms with van der Waals surface area (Å²) in [7, 11) is 0. The summed E-state index contributed by atoms with van der Waals surface area (Å²) in [5, 5.41) is 0. The van der Waals surface area contributed by atoms with E-state index in [1.54, 1.807) is 60.7 Å². The van der Waals surface area contributed by atoms with E-state index in [-0.39, 0.29) is 0 Å². The molecule has 25 heavy (non-hydrogen) atoms. The van der Waals surface area contributed by atoms with Crippen molar-refractivity contribution in [2.45, 2.75) is 18.5 Å². The van der Waals surface area contributed by atoms with Gasteiger partial charge in [0.05, 0.1) is 6.61 Å². The summed E-state index contributed by atoms with van der Waals surface area (Å²) in [5.74, 6) is 0. The molecule has 2 rings (SSSR count). The van der Waals surface area contributed by atoms with Gasteiger partial charge in [-0.05, 0) is 16.7 Å². The van der Waals surface area contributed by atoms with Crippen molar-refractivity contribution >= 4 is 5.57 Å². The van der Waals surface area contributed by atoms with Crippen LogP contribution in [0.2, 0.25) is 0 Å². The summed E-state index contributed by atoms with van der Waals surface area (Å²) < 4.78 is 79.2. The monoisotopic (exact) mass is 360 g/mol. The molecule has 0 fully saturated rings. The molecule has 134 valence electrons. The highest BCUT2D eigenvalue weighted by Gasteiger charge is 2.57. The van der Waals surface area contributed by atoms with Crippen LogP contribution in [0, 0.1) is 0 Å². The van der Waals surface area contributed by atoms with Crippen LogP contribution in [0.25, 0.3) is 5.57 Å². The van der Waals surface area contributed by atoms with Gasteiger partial charge in [-0.3, -0.25) is 0 Å². The van der Waals surface area contributed by atoms with Crippen LogP contribution in [0.4, 0.5) is 26.3 Å². The second-order valence-electron chi connectivity index (χ2n) is 5.15. The Kier molecular flexibility index (Phi) is 5.89. The van der Waals surface area contributed by atoms with Gasteiger partial charge in [0.15, 0.2) is 0 Å². The first-order valence-corrected chi connectivity index (χ1v) is 7.25. The molecule has 1 nitrogen and oxygen atoms in total. The molecule has 0 aliphatic heterocycles. The van der Waals surface area contributed by atoms with Gasteiger partial charge in [0, 0.05) is 0 Å². The largest absolute Gasteiger partial charge is 0.423 e. The van der Waals surface area contributed by atoms with Gasteiger partial charge in [-0.25, -0.2) is 0 Å². The standard InChI is InChI=1S/C18H14F6O/c19-17(20,21)16(18(22,23)24)25-12-11-15(13-7-3-1-4-8-13)14-9-5-2-6-10-14/h1-11,16H,12H2. The van der Waals surface area contributed by atoms with Crippen molar-refractivity contribution in [3.8, 4) is 0 Å². The van der Waals surface area contributed by atoms with E-state index in [9.17, 15) is 26.3 Å². The van der Waals surface area contributed by atoms with Crippen LogP contribution in [-0.2, 0) is 4.74 Å². The molecule has 2 aromatic rings. The van der Waals surface area contributed by atoms with Gasteiger partial charge in [0.2, 0.25) is 6.10 Å². The SMILES string of the molecule is FC(F)(F)C(OCC=C(c1ccccc1)c1ccccc1)C(F)(F)F. The van der Waals surface area contributed by atoms with E-state index < -0.39 is 25.1 Å². The Bertz CT molecular complexity index is 634. The molecule has 0 aliphatic carbocycles. The van der Waals surface area contributed by atoms with Crippen LogP contribution < -0.4 is 0 Å². The summed E-state index contributed by atoms with van der Waals surface area (Å²) in [6.45, 7) is -0.831. The number of alkyl halides is 6. The zero-order valence-electron chi connectivity index (χ0n) is 12.8. The van der Waals surface area contributed by atoms with E-state index in [1.807, 2.05) is 0 Å². The number of benzene rings is 2. The minimum absolute atomic E-state index is 0.490. The van der Waals surface area contributed by atoms with Crippen molar-refractivity contribution in [3.05, 3.63) is 77.9 Å². The van der Waals surface area contributed by atoms with Crippen LogP contribution in [0.15, 0.2) is 66.7 Å². The molecule has 0 spiro atoms. The molecular weight excluding hydrogens is 346 g/mol. The number of ether oxygens (including phenoxy) is 1. The summed E-state index contributed by atoms with van der Waals surface area (Å²) in [6.07, 6.45) is -13.6. The van der Waals surface area contributed by atoms with E-state index in [2.05, 4.69) is 4.74 Å². The first-order chi connectivity index (χ1) is 11.7. The fourth-order valence-electron chi connectivity index (χ4n) is 2.24. The van der Waals surface area contributed by atoms with Gasteiger partial charge in [-0.15, -0.1) is 0 Å². The predicted molar refractivity (Wildman–Crippen MR) is 81.8 cm³/mol. The summed E-state index contributed by atoms with van der Waals surface area (Å²) in [4.78, 5) is 0. The van der Waals surface area contributed by atoms with E-state index in [0.29, 0.717) is 16.7 Å². The maximum atomic E-state index is 12.5. The molecule has 0 atom stereocenters. The first kappa shape index (κ1) is 19.1. The van der Waals surface area contributed by atoms with Gasteiger partial charge in [-0.1, -0.05) is 66.7 Å². The number of hydrogen-bond donors (Lipinski definition) is 0. The van der Waals surface area contributed by atoms with Gasteiger partial charge >= 0.3 is 12.4 Å². The van der Waals surface area contributed by atoms with Crippen molar-refractivity contribution in [2.75, 3.05) is 6.61 Å².